The van der Waals surface area contributed by atoms with Gasteiger partial charge in [0.05, 0.1) is 25.3 Å². The molecule has 22 heavy (non-hydrogen) atoms. The Balaban J connectivity index is 1.81. The van der Waals surface area contributed by atoms with Crippen molar-refractivity contribution in [2.75, 3.05) is 20.3 Å². The fourth-order valence-electron chi connectivity index (χ4n) is 2.53. The normalized spacial score (nSPS) is 21.8. The summed E-state index contributed by atoms with van der Waals surface area (Å²) in [6, 6.07) is 5.75. The maximum atomic E-state index is 6.25. The smallest absolute Gasteiger partial charge is 0.149 e. The van der Waals surface area contributed by atoms with Crippen LogP contribution in [-0.4, -0.2) is 37.5 Å². The van der Waals surface area contributed by atoms with Crippen molar-refractivity contribution in [2.45, 2.75) is 25.0 Å². The topological polar surface area (TPSA) is 66.6 Å². The third-order valence-electron chi connectivity index (χ3n) is 3.80. The Morgan fingerprint density at radius 2 is 2.27 bits per heavy atom. The zero-order valence-corrected chi connectivity index (χ0v) is 13.2. The second-order valence-electron chi connectivity index (χ2n) is 5.42. The molecule has 1 aromatic heterocycles. The summed E-state index contributed by atoms with van der Waals surface area (Å²) >= 11 is 6.25. The summed E-state index contributed by atoms with van der Waals surface area (Å²) in [6.07, 6.45) is 3.49. The molecule has 2 heterocycles. The van der Waals surface area contributed by atoms with Gasteiger partial charge in [0.25, 0.3) is 0 Å². The van der Waals surface area contributed by atoms with Crippen LogP contribution in [0.5, 0.6) is 11.5 Å². The van der Waals surface area contributed by atoms with Gasteiger partial charge in [0, 0.05) is 17.6 Å². The van der Waals surface area contributed by atoms with Gasteiger partial charge in [0.1, 0.15) is 23.1 Å². The van der Waals surface area contributed by atoms with E-state index in [1.54, 1.807) is 13.3 Å². The van der Waals surface area contributed by atoms with Gasteiger partial charge in [0.15, 0.2) is 0 Å². The molecule has 3 rings (SSSR count). The Morgan fingerprint density at radius 3 is 3.00 bits per heavy atom. The van der Waals surface area contributed by atoms with Gasteiger partial charge in [-0.2, -0.15) is 0 Å². The Bertz CT molecular complexity index is 657. The Labute approximate surface area is 134 Å². The first-order valence-electron chi connectivity index (χ1n) is 7.29. The van der Waals surface area contributed by atoms with E-state index in [2.05, 4.69) is 4.98 Å². The first-order chi connectivity index (χ1) is 10.7. The van der Waals surface area contributed by atoms with E-state index in [0.29, 0.717) is 24.0 Å². The summed E-state index contributed by atoms with van der Waals surface area (Å²) in [5.74, 6) is 1.35. The number of benzene rings is 1. The van der Waals surface area contributed by atoms with E-state index in [1.165, 1.54) is 0 Å². The summed E-state index contributed by atoms with van der Waals surface area (Å²) < 4.78 is 16.9. The SMILES string of the molecule is COc1ccc2ncc(Cl)c(OC[C@@H]3CC[C@@H](N)CO3)c2c1. The van der Waals surface area contributed by atoms with Crippen LogP contribution in [0, 0.1) is 0 Å². The van der Waals surface area contributed by atoms with Gasteiger partial charge in [-0.3, -0.25) is 4.98 Å². The molecule has 1 aliphatic rings. The van der Waals surface area contributed by atoms with Crippen molar-refractivity contribution in [2.24, 2.45) is 5.73 Å². The van der Waals surface area contributed by atoms with Crippen molar-refractivity contribution in [3.63, 3.8) is 0 Å². The van der Waals surface area contributed by atoms with Crippen molar-refractivity contribution in [1.29, 1.82) is 0 Å². The molecule has 1 aliphatic heterocycles. The largest absolute Gasteiger partial charge is 0.497 e. The molecule has 0 saturated carbocycles. The second kappa shape index (κ2) is 6.69. The highest BCUT2D eigenvalue weighted by Crippen LogP contribution is 2.34. The van der Waals surface area contributed by atoms with E-state index >= 15 is 0 Å². The summed E-state index contributed by atoms with van der Waals surface area (Å²) in [6.45, 7) is 1.02. The molecule has 118 valence electrons. The molecule has 0 bridgehead atoms. The van der Waals surface area contributed by atoms with E-state index in [-0.39, 0.29) is 12.1 Å². The maximum Gasteiger partial charge on any atom is 0.149 e. The molecule has 1 fully saturated rings. The number of pyridine rings is 1. The molecule has 5 nitrogen and oxygen atoms in total. The first kappa shape index (κ1) is 15.3. The van der Waals surface area contributed by atoms with Crippen LogP contribution in [-0.2, 0) is 4.74 Å². The van der Waals surface area contributed by atoms with Crippen molar-refractivity contribution in [3.8, 4) is 11.5 Å². The van der Waals surface area contributed by atoms with Gasteiger partial charge >= 0.3 is 0 Å². The van der Waals surface area contributed by atoms with Gasteiger partial charge in [-0.1, -0.05) is 11.6 Å². The minimum absolute atomic E-state index is 0.0460. The minimum atomic E-state index is 0.0460. The second-order valence-corrected chi connectivity index (χ2v) is 5.83. The fraction of sp³-hybridized carbons (Fsp3) is 0.438. The number of hydrogen-bond acceptors (Lipinski definition) is 5. The highest BCUT2D eigenvalue weighted by Gasteiger charge is 2.20. The Hall–Kier alpha value is -1.56. The average molecular weight is 323 g/mol. The number of aromatic nitrogens is 1. The summed E-state index contributed by atoms with van der Waals surface area (Å²) in [5.41, 5.74) is 6.64. The van der Waals surface area contributed by atoms with E-state index < -0.39 is 0 Å². The molecule has 0 unspecified atom stereocenters. The average Bonchev–Trinajstić information content (AvgIpc) is 2.55. The molecular weight excluding hydrogens is 304 g/mol. The summed E-state index contributed by atoms with van der Waals surface area (Å²) in [5, 5.41) is 1.31. The van der Waals surface area contributed by atoms with Crippen molar-refractivity contribution in [3.05, 3.63) is 29.4 Å². The van der Waals surface area contributed by atoms with Gasteiger partial charge in [0.2, 0.25) is 0 Å². The molecular formula is C16H19ClN2O3. The molecule has 2 N–H and O–H groups in total. The quantitative estimate of drug-likeness (QED) is 0.937. The van der Waals surface area contributed by atoms with Gasteiger partial charge in [-0.05, 0) is 31.0 Å². The molecule has 1 aromatic carbocycles. The predicted molar refractivity (Wildman–Crippen MR) is 85.7 cm³/mol. The Kier molecular flexibility index (Phi) is 4.66. The lowest BCUT2D eigenvalue weighted by Gasteiger charge is -2.27. The van der Waals surface area contributed by atoms with Crippen LogP contribution < -0.4 is 15.2 Å². The van der Waals surface area contributed by atoms with Crippen LogP contribution in [0.4, 0.5) is 0 Å². The van der Waals surface area contributed by atoms with Gasteiger partial charge in [-0.15, -0.1) is 0 Å². The number of hydrogen-bond donors (Lipinski definition) is 1. The molecule has 0 aliphatic carbocycles. The highest BCUT2D eigenvalue weighted by molar-refractivity contribution is 6.33. The number of halogens is 1. The number of rotatable bonds is 4. The lowest BCUT2D eigenvalue weighted by atomic mass is 10.1. The molecule has 6 heteroatoms. The predicted octanol–water partition coefficient (Wildman–Crippen LogP) is 2.78. The van der Waals surface area contributed by atoms with Crippen LogP contribution in [0.2, 0.25) is 5.02 Å². The number of fused-ring (bicyclic) bond motifs is 1. The Morgan fingerprint density at radius 1 is 1.41 bits per heavy atom. The van der Waals surface area contributed by atoms with Crippen LogP contribution in [0.25, 0.3) is 10.9 Å². The molecule has 1 saturated heterocycles. The number of ether oxygens (including phenoxy) is 3. The number of nitrogens with two attached hydrogens (primary N) is 1. The van der Waals surface area contributed by atoms with Crippen molar-refractivity contribution in [1.82, 2.24) is 4.98 Å². The highest BCUT2D eigenvalue weighted by atomic mass is 35.5. The van der Waals surface area contributed by atoms with Crippen molar-refractivity contribution >= 4 is 22.5 Å². The van der Waals surface area contributed by atoms with E-state index in [9.17, 15) is 0 Å². The lowest BCUT2D eigenvalue weighted by Crippen LogP contribution is -2.37. The molecule has 0 spiro atoms. The summed E-state index contributed by atoms with van der Waals surface area (Å²) in [7, 11) is 1.62. The van der Waals surface area contributed by atoms with E-state index in [1.807, 2.05) is 18.2 Å². The summed E-state index contributed by atoms with van der Waals surface area (Å²) in [4.78, 5) is 4.31. The van der Waals surface area contributed by atoms with E-state index in [0.717, 1.165) is 29.5 Å². The van der Waals surface area contributed by atoms with Crippen LogP contribution in [0.3, 0.4) is 0 Å². The minimum Gasteiger partial charge on any atom is -0.497 e. The van der Waals surface area contributed by atoms with Crippen LogP contribution in [0.15, 0.2) is 24.4 Å². The van der Waals surface area contributed by atoms with Crippen LogP contribution in [0.1, 0.15) is 12.8 Å². The van der Waals surface area contributed by atoms with Gasteiger partial charge < -0.3 is 19.9 Å². The van der Waals surface area contributed by atoms with Gasteiger partial charge in [-0.25, -0.2) is 0 Å². The lowest BCUT2D eigenvalue weighted by molar-refractivity contribution is -0.0194. The fourth-order valence-corrected chi connectivity index (χ4v) is 2.74. The first-order valence-corrected chi connectivity index (χ1v) is 7.67. The zero-order chi connectivity index (χ0) is 15.5. The standard InChI is InChI=1S/C16H19ClN2O3/c1-20-11-4-5-15-13(6-11)16(14(17)7-19-15)22-9-12-3-2-10(18)8-21-12/h4-7,10,12H,2-3,8-9,18H2,1H3/t10-,12+/m1/s1. The number of methoxy groups -OCH3 is 1. The zero-order valence-electron chi connectivity index (χ0n) is 12.4. The molecule has 2 atom stereocenters. The number of nitrogens with zero attached hydrogens (tertiary/aromatic N) is 1. The monoisotopic (exact) mass is 322 g/mol. The van der Waals surface area contributed by atoms with E-state index in [4.69, 9.17) is 31.5 Å². The molecule has 2 aromatic rings. The molecule has 0 amide bonds. The maximum absolute atomic E-state index is 6.25. The third kappa shape index (κ3) is 3.27. The van der Waals surface area contributed by atoms with Crippen LogP contribution >= 0.6 is 11.6 Å². The molecule has 0 radical (unpaired) electrons. The van der Waals surface area contributed by atoms with Crippen molar-refractivity contribution < 1.29 is 14.2 Å². The third-order valence-corrected chi connectivity index (χ3v) is 4.07.